The maximum Gasteiger partial charge on any atom is 0.332 e. The summed E-state index contributed by atoms with van der Waals surface area (Å²) in [7, 11) is 0. The number of anilines is 1. The number of benzene rings is 1. The van der Waals surface area contributed by atoms with Gasteiger partial charge in [-0.3, -0.25) is 19.7 Å². The number of carbonyl (C=O) groups is 3. The fraction of sp³-hybridized carbons (Fsp3) is 0.0909. The van der Waals surface area contributed by atoms with Crippen LogP contribution in [0.4, 0.5) is 11.4 Å². The molecule has 1 aromatic carbocycles. The number of amides is 1. The van der Waals surface area contributed by atoms with Crippen molar-refractivity contribution in [3.8, 4) is 0 Å². The number of nitrogens with zero attached hydrogens (tertiary/aromatic N) is 2. The van der Waals surface area contributed by atoms with Gasteiger partial charge in [0.25, 0.3) is 11.7 Å². The van der Waals surface area contributed by atoms with Gasteiger partial charge in [-0.25, -0.2) is 4.79 Å². The Bertz CT molecular complexity index is 774. The summed E-state index contributed by atoms with van der Waals surface area (Å²) in [6.07, 6.45) is 0. The molecule has 0 atom stereocenters. The molecule has 1 amide bonds. The lowest BCUT2D eigenvalue weighted by atomic mass is 9.98. The molecule has 0 bridgehead atoms. The van der Waals surface area contributed by atoms with E-state index >= 15 is 0 Å². The number of carbonyl (C=O) groups excluding carboxylic acids is 3. The molecule has 0 radical (unpaired) electrons. The van der Waals surface area contributed by atoms with Gasteiger partial charge in [0.1, 0.15) is 10.6 Å². The number of hydrogen-bond donors (Lipinski definition) is 1. The van der Waals surface area contributed by atoms with Crippen molar-refractivity contribution in [2.45, 2.75) is 6.92 Å². The maximum absolute atomic E-state index is 11.8. The van der Waals surface area contributed by atoms with Gasteiger partial charge in [0.2, 0.25) is 0 Å². The Morgan fingerprint density at radius 2 is 2.05 bits per heavy atom. The highest BCUT2D eigenvalue weighted by Gasteiger charge is 2.39. The molecule has 0 spiro atoms. The van der Waals surface area contributed by atoms with E-state index in [1.54, 1.807) is 0 Å². The van der Waals surface area contributed by atoms with Gasteiger partial charge < -0.3 is 10.2 Å². The van der Waals surface area contributed by atoms with Crippen molar-refractivity contribution in [2.24, 2.45) is 5.16 Å². The second kappa shape index (κ2) is 5.70. The summed E-state index contributed by atoms with van der Waals surface area (Å²) in [5, 5.41) is 15.9. The lowest BCUT2D eigenvalue weighted by Crippen LogP contribution is -2.37. The molecular formula is C11H5Cl2N3O6. The van der Waals surface area contributed by atoms with Crippen LogP contribution in [0.5, 0.6) is 0 Å². The van der Waals surface area contributed by atoms with Crippen LogP contribution in [0.3, 0.4) is 0 Å². The lowest BCUT2D eigenvalue weighted by molar-refractivity contribution is -0.384. The highest BCUT2D eigenvalue weighted by atomic mass is 35.5. The van der Waals surface area contributed by atoms with Crippen molar-refractivity contribution in [3.05, 3.63) is 31.8 Å². The third-order valence-electron chi connectivity index (χ3n) is 2.55. The predicted molar refractivity (Wildman–Crippen MR) is 75.1 cm³/mol. The maximum atomic E-state index is 11.8. The Labute approximate surface area is 132 Å². The first kappa shape index (κ1) is 15.9. The minimum atomic E-state index is -1.21. The molecule has 0 unspecified atom stereocenters. The predicted octanol–water partition coefficient (Wildman–Crippen LogP) is 1.69. The largest absolute Gasteiger partial charge is 0.332 e. The second-order valence-corrected chi connectivity index (χ2v) is 4.79. The minimum absolute atomic E-state index is 0.142. The van der Waals surface area contributed by atoms with Gasteiger partial charge in [0.15, 0.2) is 5.71 Å². The van der Waals surface area contributed by atoms with E-state index in [2.05, 4.69) is 15.3 Å². The fourth-order valence-electron chi connectivity index (χ4n) is 1.72. The molecule has 1 aromatic rings. The number of halogens is 2. The Balaban J connectivity index is 2.81. The van der Waals surface area contributed by atoms with E-state index in [4.69, 9.17) is 23.2 Å². The molecule has 114 valence electrons. The van der Waals surface area contributed by atoms with Crippen molar-refractivity contribution in [2.75, 3.05) is 5.32 Å². The normalized spacial score (nSPS) is 15.3. The molecule has 11 heteroatoms. The van der Waals surface area contributed by atoms with Gasteiger partial charge in [-0.05, 0) is 6.07 Å². The van der Waals surface area contributed by atoms with Gasteiger partial charge in [0, 0.05) is 6.92 Å². The summed E-state index contributed by atoms with van der Waals surface area (Å²) < 4.78 is 0. The zero-order valence-electron chi connectivity index (χ0n) is 10.7. The molecule has 1 heterocycles. The Kier molecular flexibility index (Phi) is 4.11. The van der Waals surface area contributed by atoms with Crippen LogP contribution in [0.2, 0.25) is 10.0 Å². The first-order chi connectivity index (χ1) is 10.2. The summed E-state index contributed by atoms with van der Waals surface area (Å²) in [5.74, 6) is -3.20. The van der Waals surface area contributed by atoms with E-state index in [1.807, 2.05) is 0 Å². The smallest absolute Gasteiger partial charge is 0.318 e. The van der Waals surface area contributed by atoms with Crippen LogP contribution in [-0.4, -0.2) is 28.3 Å². The first-order valence-electron chi connectivity index (χ1n) is 5.52. The van der Waals surface area contributed by atoms with Gasteiger partial charge >= 0.3 is 11.7 Å². The van der Waals surface area contributed by atoms with Crippen molar-refractivity contribution in [1.29, 1.82) is 0 Å². The van der Waals surface area contributed by atoms with Crippen molar-refractivity contribution >= 4 is 57.9 Å². The van der Waals surface area contributed by atoms with Crippen molar-refractivity contribution in [1.82, 2.24) is 0 Å². The van der Waals surface area contributed by atoms with Gasteiger partial charge in [-0.15, -0.1) is 0 Å². The van der Waals surface area contributed by atoms with E-state index < -0.39 is 39.0 Å². The van der Waals surface area contributed by atoms with E-state index in [0.717, 1.165) is 13.0 Å². The number of Topliss-reactive ketones (excluding diaryl/α,β-unsaturated/α-hetero) is 1. The number of ketones is 1. The quantitative estimate of drug-likeness (QED) is 0.376. The fourth-order valence-corrected chi connectivity index (χ4v) is 2.14. The molecule has 1 aliphatic heterocycles. The van der Waals surface area contributed by atoms with Gasteiger partial charge in [0.05, 0.1) is 15.6 Å². The number of nitrogens with one attached hydrogen (secondary N) is 1. The lowest BCUT2D eigenvalue weighted by Gasteiger charge is -2.18. The molecule has 1 aliphatic rings. The van der Waals surface area contributed by atoms with E-state index in [1.165, 1.54) is 0 Å². The van der Waals surface area contributed by atoms with Crippen molar-refractivity contribution < 1.29 is 24.1 Å². The number of hydrogen-bond acceptors (Lipinski definition) is 7. The molecule has 0 aliphatic carbocycles. The highest BCUT2D eigenvalue weighted by molar-refractivity contribution is 6.72. The SMILES string of the molecule is CC(=O)ON=C1C(=O)C(=O)Nc2cc(Cl)c(Cl)c([N+](=O)[O-])c21. The number of nitro groups is 1. The van der Waals surface area contributed by atoms with Crippen LogP contribution in [0.15, 0.2) is 11.2 Å². The highest BCUT2D eigenvalue weighted by Crippen LogP contribution is 2.41. The number of nitro benzene ring substituents is 1. The molecule has 0 fully saturated rings. The number of oxime groups is 1. The third-order valence-corrected chi connectivity index (χ3v) is 3.33. The molecule has 1 N–H and O–H groups in total. The van der Waals surface area contributed by atoms with E-state index in [9.17, 15) is 24.5 Å². The second-order valence-electron chi connectivity index (χ2n) is 4.01. The summed E-state index contributed by atoms with van der Waals surface area (Å²) in [4.78, 5) is 48.8. The molecule has 0 aromatic heterocycles. The zero-order chi connectivity index (χ0) is 16.6. The van der Waals surface area contributed by atoms with Crippen molar-refractivity contribution in [3.63, 3.8) is 0 Å². The molecule has 22 heavy (non-hydrogen) atoms. The average Bonchev–Trinajstić information content (AvgIpc) is 2.41. The summed E-state index contributed by atoms with van der Waals surface area (Å²) in [6.45, 7) is 1.00. The average molecular weight is 346 g/mol. The summed E-state index contributed by atoms with van der Waals surface area (Å²) >= 11 is 11.5. The molecule has 9 nitrogen and oxygen atoms in total. The van der Waals surface area contributed by atoms with Gasteiger partial charge in [-0.1, -0.05) is 28.4 Å². The van der Waals surface area contributed by atoms with Crippen LogP contribution in [0.1, 0.15) is 12.5 Å². The monoisotopic (exact) mass is 345 g/mol. The zero-order valence-corrected chi connectivity index (χ0v) is 12.2. The topological polar surface area (TPSA) is 128 Å². The first-order valence-corrected chi connectivity index (χ1v) is 6.27. The van der Waals surface area contributed by atoms with E-state index in [0.29, 0.717) is 0 Å². The van der Waals surface area contributed by atoms with E-state index in [-0.39, 0.29) is 16.3 Å². The molecule has 0 saturated carbocycles. The summed E-state index contributed by atoms with van der Waals surface area (Å²) in [5.41, 5.74) is -1.97. The van der Waals surface area contributed by atoms with Crippen LogP contribution in [0, 0.1) is 10.1 Å². The van der Waals surface area contributed by atoms with Gasteiger partial charge in [-0.2, -0.15) is 0 Å². The summed E-state index contributed by atoms with van der Waals surface area (Å²) in [6, 6.07) is 1.12. The Hall–Kier alpha value is -2.52. The number of rotatable bonds is 2. The molecule has 2 rings (SSSR count). The standard InChI is InChI=1S/C11H5Cl2N3O6/c1-3(17)22-15-8-6-5(14-11(19)10(8)18)2-4(12)7(13)9(6)16(20)21/h2H,1H3,(H,14,19). The minimum Gasteiger partial charge on any atom is -0.318 e. The molecular weight excluding hydrogens is 341 g/mol. The van der Waals surface area contributed by atoms with Crippen LogP contribution in [-0.2, 0) is 19.2 Å². The molecule has 0 saturated heterocycles. The third kappa shape index (κ3) is 2.63. The van der Waals surface area contributed by atoms with Crippen LogP contribution in [0.25, 0.3) is 0 Å². The van der Waals surface area contributed by atoms with Crippen LogP contribution >= 0.6 is 23.2 Å². The Morgan fingerprint density at radius 3 is 2.59 bits per heavy atom. The number of fused-ring (bicyclic) bond motifs is 1. The van der Waals surface area contributed by atoms with Crippen LogP contribution < -0.4 is 5.32 Å². The Morgan fingerprint density at radius 1 is 1.41 bits per heavy atom.